The van der Waals surface area contributed by atoms with Crippen LogP contribution >= 0.6 is 15.9 Å². The molecule has 1 aromatic rings. The van der Waals surface area contributed by atoms with Gasteiger partial charge in [-0.2, -0.15) is 0 Å². The number of halogens is 3. The maximum Gasteiger partial charge on any atom is 0.167 e. The monoisotopic (exact) mass is 260 g/mol. The molecule has 4 heteroatoms. The highest BCUT2D eigenvalue weighted by atomic mass is 79.9. The van der Waals surface area contributed by atoms with Crippen LogP contribution < -0.4 is 0 Å². The molecule has 0 aliphatic heterocycles. The molecule has 0 heterocycles. The van der Waals surface area contributed by atoms with Crippen LogP contribution in [0.2, 0.25) is 0 Å². The fourth-order valence-electron chi connectivity index (χ4n) is 0.896. The van der Waals surface area contributed by atoms with Gasteiger partial charge in [-0.05, 0) is 31.2 Å². The minimum atomic E-state index is -0.961. The molecule has 1 nitrogen and oxygen atoms in total. The SMILES string of the molecule is CC(=O)/C=C/c1c(Br)ccc(F)c1F. The van der Waals surface area contributed by atoms with Gasteiger partial charge in [0.1, 0.15) is 0 Å². The van der Waals surface area contributed by atoms with Crippen molar-refractivity contribution in [3.8, 4) is 0 Å². The Morgan fingerprint density at radius 3 is 2.64 bits per heavy atom. The summed E-state index contributed by atoms with van der Waals surface area (Å²) in [5.41, 5.74) is 0.0419. The van der Waals surface area contributed by atoms with Crippen molar-refractivity contribution in [1.29, 1.82) is 0 Å². The van der Waals surface area contributed by atoms with Crippen molar-refractivity contribution in [2.75, 3.05) is 0 Å². The highest BCUT2D eigenvalue weighted by Crippen LogP contribution is 2.23. The lowest BCUT2D eigenvalue weighted by molar-refractivity contribution is -0.112. The molecule has 0 aliphatic carbocycles. The first-order chi connectivity index (χ1) is 6.52. The Morgan fingerprint density at radius 1 is 1.43 bits per heavy atom. The molecule has 1 rings (SSSR count). The summed E-state index contributed by atoms with van der Waals surface area (Å²) < 4.78 is 26.3. The third kappa shape index (κ3) is 2.48. The molecular weight excluding hydrogens is 254 g/mol. The fourth-order valence-corrected chi connectivity index (χ4v) is 1.33. The Kier molecular flexibility index (Phi) is 3.52. The molecule has 0 atom stereocenters. The van der Waals surface area contributed by atoms with Crippen molar-refractivity contribution < 1.29 is 13.6 Å². The first kappa shape index (κ1) is 11.0. The normalized spacial score (nSPS) is 10.9. The van der Waals surface area contributed by atoms with Gasteiger partial charge in [0, 0.05) is 10.0 Å². The Morgan fingerprint density at radius 2 is 2.07 bits per heavy atom. The predicted molar refractivity (Wildman–Crippen MR) is 53.8 cm³/mol. The molecular formula is C10H7BrF2O. The van der Waals surface area contributed by atoms with Gasteiger partial charge in [0.05, 0.1) is 0 Å². The zero-order valence-electron chi connectivity index (χ0n) is 7.35. The molecule has 0 spiro atoms. The van der Waals surface area contributed by atoms with Gasteiger partial charge >= 0.3 is 0 Å². The molecule has 14 heavy (non-hydrogen) atoms. The zero-order valence-corrected chi connectivity index (χ0v) is 8.94. The molecule has 0 amide bonds. The van der Waals surface area contributed by atoms with E-state index in [1.54, 1.807) is 0 Å². The molecule has 0 bridgehead atoms. The van der Waals surface area contributed by atoms with E-state index >= 15 is 0 Å². The summed E-state index contributed by atoms with van der Waals surface area (Å²) in [6.07, 6.45) is 2.42. The first-order valence-electron chi connectivity index (χ1n) is 3.84. The number of ketones is 1. The first-order valence-corrected chi connectivity index (χ1v) is 4.64. The number of carbonyl (C=O) groups excluding carboxylic acids is 1. The molecule has 0 N–H and O–H groups in total. The number of benzene rings is 1. The van der Waals surface area contributed by atoms with Gasteiger partial charge in [-0.1, -0.05) is 15.9 Å². The quantitative estimate of drug-likeness (QED) is 0.589. The van der Waals surface area contributed by atoms with Gasteiger partial charge in [0.15, 0.2) is 17.4 Å². The van der Waals surface area contributed by atoms with Crippen LogP contribution in [0, 0.1) is 11.6 Å². The smallest absolute Gasteiger partial charge is 0.167 e. The summed E-state index contributed by atoms with van der Waals surface area (Å²) in [7, 11) is 0. The third-order valence-corrected chi connectivity index (χ3v) is 2.26. The van der Waals surface area contributed by atoms with Gasteiger partial charge in [-0.3, -0.25) is 4.79 Å². The Balaban J connectivity index is 3.19. The average molecular weight is 261 g/mol. The maximum atomic E-state index is 13.1. The highest BCUT2D eigenvalue weighted by Gasteiger charge is 2.09. The molecule has 0 saturated heterocycles. The van der Waals surface area contributed by atoms with E-state index in [4.69, 9.17) is 0 Å². The summed E-state index contributed by atoms with van der Waals surface area (Å²) in [5, 5.41) is 0. The molecule has 0 aromatic heterocycles. The summed E-state index contributed by atoms with van der Waals surface area (Å²) in [6, 6.07) is 2.41. The van der Waals surface area contributed by atoms with Crippen LogP contribution in [-0.2, 0) is 4.79 Å². The zero-order chi connectivity index (χ0) is 10.7. The minimum Gasteiger partial charge on any atom is -0.295 e. The van der Waals surface area contributed by atoms with Gasteiger partial charge in [0.2, 0.25) is 0 Å². The molecule has 1 aromatic carbocycles. The second-order valence-corrected chi connectivity index (χ2v) is 3.56. The van der Waals surface area contributed by atoms with E-state index in [-0.39, 0.29) is 11.3 Å². The van der Waals surface area contributed by atoms with Gasteiger partial charge in [-0.25, -0.2) is 8.78 Å². The maximum absolute atomic E-state index is 13.1. The second kappa shape index (κ2) is 4.46. The van der Waals surface area contributed by atoms with Crippen LogP contribution in [0.5, 0.6) is 0 Å². The number of carbonyl (C=O) groups is 1. The summed E-state index contributed by atoms with van der Waals surface area (Å²) in [5.74, 6) is -2.12. The van der Waals surface area contributed by atoms with Crippen LogP contribution in [0.1, 0.15) is 12.5 Å². The Bertz CT molecular complexity index is 399. The highest BCUT2D eigenvalue weighted by molar-refractivity contribution is 9.10. The van der Waals surface area contributed by atoms with Crippen molar-refractivity contribution in [2.24, 2.45) is 0 Å². The van der Waals surface area contributed by atoms with E-state index in [1.807, 2.05) is 0 Å². The largest absolute Gasteiger partial charge is 0.295 e. The number of rotatable bonds is 2. The molecule has 0 fully saturated rings. The van der Waals surface area contributed by atoms with Crippen LogP contribution in [0.15, 0.2) is 22.7 Å². The van der Waals surface area contributed by atoms with E-state index in [0.717, 1.165) is 6.07 Å². The standard InChI is InChI=1S/C10H7BrF2O/c1-6(14)2-3-7-8(11)4-5-9(12)10(7)13/h2-5H,1H3/b3-2+. The van der Waals surface area contributed by atoms with E-state index in [2.05, 4.69) is 15.9 Å². The molecule has 0 aliphatic rings. The summed E-state index contributed by atoms with van der Waals surface area (Å²) in [6.45, 7) is 1.33. The van der Waals surface area contributed by atoms with E-state index in [0.29, 0.717) is 4.47 Å². The number of allylic oxidation sites excluding steroid dienone is 1. The van der Waals surface area contributed by atoms with Crippen LogP contribution in [0.3, 0.4) is 0 Å². The molecule has 74 valence electrons. The van der Waals surface area contributed by atoms with Crippen molar-refractivity contribution >= 4 is 27.8 Å². The van der Waals surface area contributed by atoms with Crippen LogP contribution in [0.25, 0.3) is 6.08 Å². The van der Waals surface area contributed by atoms with E-state index < -0.39 is 11.6 Å². The van der Waals surface area contributed by atoms with Crippen LogP contribution in [-0.4, -0.2) is 5.78 Å². The minimum absolute atomic E-state index is 0.0419. The van der Waals surface area contributed by atoms with E-state index in [1.165, 1.54) is 25.1 Å². The van der Waals surface area contributed by atoms with Gasteiger partial charge in [0.25, 0.3) is 0 Å². The summed E-state index contributed by atoms with van der Waals surface area (Å²) in [4.78, 5) is 10.6. The fraction of sp³-hybridized carbons (Fsp3) is 0.100. The van der Waals surface area contributed by atoms with E-state index in [9.17, 15) is 13.6 Å². The number of hydrogen-bond donors (Lipinski definition) is 0. The molecule has 0 radical (unpaired) electrons. The Hall–Kier alpha value is -1.03. The Labute approximate surface area is 88.6 Å². The average Bonchev–Trinajstić information content (AvgIpc) is 2.11. The molecule has 0 unspecified atom stereocenters. The number of hydrogen-bond acceptors (Lipinski definition) is 1. The van der Waals surface area contributed by atoms with Crippen molar-refractivity contribution in [2.45, 2.75) is 6.92 Å². The van der Waals surface area contributed by atoms with Crippen molar-refractivity contribution in [3.63, 3.8) is 0 Å². The lowest BCUT2D eigenvalue weighted by Gasteiger charge is -2.00. The summed E-state index contributed by atoms with van der Waals surface area (Å²) >= 11 is 3.06. The lowest BCUT2D eigenvalue weighted by Crippen LogP contribution is -1.90. The van der Waals surface area contributed by atoms with Crippen molar-refractivity contribution in [3.05, 3.63) is 39.9 Å². The third-order valence-electron chi connectivity index (χ3n) is 1.56. The second-order valence-electron chi connectivity index (χ2n) is 2.70. The predicted octanol–water partition coefficient (Wildman–Crippen LogP) is 3.33. The van der Waals surface area contributed by atoms with Crippen molar-refractivity contribution in [1.82, 2.24) is 0 Å². The van der Waals surface area contributed by atoms with Gasteiger partial charge in [-0.15, -0.1) is 0 Å². The lowest BCUT2D eigenvalue weighted by atomic mass is 10.2. The van der Waals surface area contributed by atoms with Crippen LogP contribution in [0.4, 0.5) is 8.78 Å². The topological polar surface area (TPSA) is 17.1 Å². The van der Waals surface area contributed by atoms with Gasteiger partial charge < -0.3 is 0 Å². The molecule has 0 saturated carbocycles.